The molecular formula is C17H25N5O3S. The molecule has 0 unspecified atom stereocenters. The molecule has 0 aromatic carbocycles. The van der Waals surface area contributed by atoms with E-state index in [9.17, 15) is 9.59 Å². The minimum absolute atomic E-state index is 0.0378. The van der Waals surface area contributed by atoms with E-state index in [1.165, 1.54) is 21.9 Å². The second-order valence-corrected chi connectivity index (χ2v) is 7.35. The third kappa shape index (κ3) is 4.39. The van der Waals surface area contributed by atoms with Crippen LogP contribution in [-0.2, 0) is 9.53 Å². The van der Waals surface area contributed by atoms with Crippen molar-refractivity contribution in [3.05, 3.63) is 22.1 Å². The molecule has 0 radical (unpaired) electrons. The molecule has 0 bridgehead atoms. The summed E-state index contributed by atoms with van der Waals surface area (Å²) in [6.45, 7) is 7.32. The van der Waals surface area contributed by atoms with Gasteiger partial charge in [-0.3, -0.25) is 9.59 Å². The smallest absolute Gasteiger partial charge is 0.275 e. The molecule has 1 aliphatic heterocycles. The van der Waals surface area contributed by atoms with Crippen molar-refractivity contribution in [1.29, 1.82) is 0 Å². The predicted octanol–water partition coefficient (Wildman–Crippen LogP) is 1.22. The lowest BCUT2D eigenvalue weighted by atomic mass is 9.96. The van der Waals surface area contributed by atoms with Gasteiger partial charge in [0, 0.05) is 50.5 Å². The van der Waals surface area contributed by atoms with Gasteiger partial charge in [0.05, 0.1) is 0 Å². The zero-order valence-electron chi connectivity index (χ0n) is 15.2. The van der Waals surface area contributed by atoms with Crippen LogP contribution in [0.3, 0.4) is 0 Å². The van der Waals surface area contributed by atoms with E-state index in [1.807, 2.05) is 6.92 Å². The van der Waals surface area contributed by atoms with Crippen molar-refractivity contribution < 1.29 is 9.53 Å². The summed E-state index contributed by atoms with van der Waals surface area (Å²) in [5.74, 6) is 0.162. The Morgan fingerprint density at radius 2 is 2.19 bits per heavy atom. The summed E-state index contributed by atoms with van der Waals surface area (Å²) in [4.78, 5) is 31.4. The summed E-state index contributed by atoms with van der Waals surface area (Å²) in [6.07, 6.45) is 2.41. The topological polar surface area (TPSA) is 88.8 Å². The van der Waals surface area contributed by atoms with Crippen molar-refractivity contribution in [1.82, 2.24) is 19.9 Å². The van der Waals surface area contributed by atoms with Crippen LogP contribution in [0.15, 0.2) is 10.9 Å². The lowest BCUT2D eigenvalue weighted by Gasteiger charge is -2.30. The number of anilines is 1. The fraction of sp³-hybridized carbons (Fsp3) is 0.647. The molecule has 0 saturated carbocycles. The van der Waals surface area contributed by atoms with Crippen molar-refractivity contribution >= 4 is 27.3 Å². The highest BCUT2D eigenvalue weighted by Gasteiger charge is 2.26. The van der Waals surface area contributed by atoms with Gasteiger partial charge in [-0.15, -0.1) is 5.10 Å². The van der Waals surface area contributed by atoms with Gasteiger partial charge in [-0.1, -0.05) is 11.3 Å². The molecule has 1 saturated heterocycles. The number of nitrogens with one attached hydrogen (secondary N) is 1. The van der Waals surface area contributed by atoms with Crippen LogP contribution in [0.2, 0.25) is 0 Å². The fourth-order valence-electron chi connectivity index (χ4n) is 3.05. The molecule has 142 valence electrons. The summed E-state index contributed by atoms with van der Waals surface area (Å²) in [7, 11) is 0. The summed E-state index contributed by atoms with van der Waals surface area (Å²) in [6, 6.07) is 1.48. The third-order valence-electron chi connectivity index (χ3n) is 4.47. The molecule has 1 aliphatic rings. The Bertz CT molecular complexity index is 810. The minimum atomic E-state index is -0.156. The van der Waals surface area contributed by atoms with Crippen LogP contribution in [-0.4, -0.2) is 53.4 Å². The third-order valence-corrected chi connectivity index (χ3v) is 5.44. The second-order valence-electron chi connectivity index (χ2n) is 6.42. The van der Waals surface area contributed by atoms with E-state index in [1.54, 1.807) is 6.92 Å². The Balaban J connectivity index is 1.53. The number of carbonyl (C=O) groups excluding carboxylic acids is 1. The SMILES string of the molecule is CCOCCCNC(=O)C1CCN(c2nn3c(=O)cc(C)nc3s2)CC1. The van der Waals surface area contributed by atoms with E-state index >= 15 is 0 Å². The lowest BCUT2D eigenvalue weighted by molar-refractivity contribution is -0.125. The maximum atomic E-state index is 12.3. The van der Waals surface area contributed by atoms with E-state index in [0.717, 1.165) is 37.5 Å². The lowest BCUT2D eigenvalue weighted by Crippen LogP contribution is -2.41. The molecule has 1 amide bonds. The normalized spacial score (nSPS) is 15.5. The van der Waals surface area contributed by atoms with Crippen molar-refractivity contribution in [3.8, 4) is 0 Å². The van der Waals surface area contributed by atoms with Crippen LogP contribution in [0.5, 0.6) is 0 Å². The van der Waals surface area contributed by atoms with Gasteiger partial charge in [-0.05, 0) is 33.1 Å². The second kappa shape index (κ2) is 8.59. The Morgan fingerprint density at radius 1 is 1.42 bits per heavy atom. The Morgan fingerprint density at radius 3 is 2.92 bits per heavy atom. The van der Waals surface area contributed by atoms with Gasteiger partial charge >= 0.3 is 0 Å². The van der Waals surface area contributed by atoms with Gasteiger partial charge < -0.3 is 15.0 Å². The van der Waals surface area contributed by atoms with E-state index < -0.39 is 0 Å². The van der Waals surface area contributed by atoms with Crippen molar-refractivity contribution in [2.24, 2.45) is 5.92 Å². The number of piperidine rings is 1. The molecule has 26 heavy (non-hydrogen) atoms. The number of fused-ring (bicyclic) bond motifs is 1. The van der Waals surface area contributed by atoms with Crippen molar-refractivity contribution in [2.45, 2.75) is 33.1 Å². The molecule has 2 aromatic heterocycles. The Kier molecular flexibility index (Phi) is 6.20. The van der Waals surface area contributed by atoms with Gasteiger partial charge in [0.1, 0.15) is 0 Å². The van der Waals surface area contributed by atoms with E-state index in [0.29, 0.717) is 30.4 Å². The number of aromatic nitrogens is 3. The standard InChI is InChI=1S/C17H25N5O3S/c1-3-25-10-4-7-18-15(24)13-5-8-21(9-6-13)17-20-22-14(23)11-12(2)19-16(22)26-17/h11,13H,3-10H2,1-2H3,(H,18,24). The zero-order chi connectivity index (χ0) is 18.5. The number of ether oxygens (including phenoxy) is 1. The summed E-state index contributed by atoms with van der Waals surface area (Å²) < 4.78 is 6.62. The monoisotopic (exact) mass is 379 g/mol. The molecular weight excluding hydrogens is 354 g/mol. The van der Waals surface area contributed by atoms with Crippen molar-refractivity contribution in [3.63, 3.8) is 0 Å². The molecule has 3 heterocycles. The Labute approximate surface area is 156 Å². The van der Waals surface area contributed by atoms with Gasteiger partial charge in [-0.2, -0.15) is 4.52 Å². The molecule has 2 aromatic rings. The van der Waals surface area contributed by atoms with Crippen LogP contribution in [0.25, 0.3) is 4.96 Å². The van der Waals surface area contributed by atoms with Crippen LogP contribution < -0.4 is 15.8 Å². The van der Waals surface area contributed by atoms with E-state index in [2.05, 4.69) is 20.3 Å². The quantitative estimate of drug-likeness (QED) is 0.728. The highest BCUT2D eigenvalue weighted by molar-refractivity contribution is 7.20. The number of rotatable bonds is 7. The maximum absolute atomic E-state index is 12.3. The summed E-state index contributed by atoms with van der Waals surface area (Å²) in [5.41, 5.74) is 0.543. The number of amides is 1. The molecule has 8 nitrogen and oxygen atoms in total. The average molecular weight is 379 g/mol. The fourth-order valence-corrected chi connectivity index (χ4v) is 4.05. The predicted molar refractivity (Wildman–Crippen MR) is 101 cm³/mol. The van der Waals surface area contributed by atoms with Gasteiger partial charge in [0.2, 0.25) is 16.0 Å². The number of carbonyl (C=O) groups is 1. The van der Waals surface area contributed by atoms with Crippen LogP contribution in [0, 0.1) is 12.8 Å². The minimum Gasteiger partial charge on any atom is -0.382 e. The largest absolute Gasteiger partial charge is 0.382 e. The zero-order valence-corrected chi connectivity index (χ0v) is 16.0. The average Bonchev–Trinajstić information content (AvgIpc) is 3.06. The molecule has 1 N–H and O–H groups in total. The van der Waals surface area contributed by atoms with Crippen LogP contribution >= 0.6 is 11.3 Å². The first kappa shape index (κ1) is 18.8. The van der Waals surface area contributed by atoms with Crippen LogP contribution in [0.4, 0.5) is 5.13 Å². The molecule has 9 heteroatoms. The number of nitrogens with zero attached hydrogens (tertiary/aromatic N) is 4. The van der Waals surface area contributed by atoms with E-state index in [-0.39, 0.29) is 17.4 Å². The molecule has 0 aliphatic carbocycles. The molecule has 0 atom stereocenters. The first-order valence-corrected chi connectivity index (χ1v) is 9.88. The molecule has 3 rings (SSSR count). The summed E-state index contributed by atoms with van der Waals surface area (Å²) in [5, 5.41) is 8.18. The highest BCUT2D eigenvalue weighted by atomic mass is 32.1. The molecule has 1 fully saturated rings. The van der Waals surface area contributed by atoms with Crippen LogP contribution in [0.1, 0.15) is 31.9 Å². The Hall–Kier alpha value is -2.00. The van der Waals surface area contributed by atoms with E-state index in [4.69, 9.17) is 4.74 Å². The maximum Gasteiger partial charge on any atom is 0.275 e. The molecule has 0 spiro atoms. The number of hydrogen-bond acceptors (Lipinski definition) is 7. The van der Waals surface area contributed by atoms with Crippen molar-refractivity contribution in [2.75, 3.05) is 37.7 Å². The van der Waals surface area contributed by atoms with Gasteiger partial charge in [0.25, 0.3) is 5.56 Å². The first-order valence-electron chi connectivity index (χ1n) is 9.06. The summed E-state index contributed by atoms with van der Waals surface area (Å²) >= 11 is 1.42. The highest BCUT2D eigenvalue weighted by Crippen LogP contribution is 2.26. The van der Waals surface area contributed by atoms with Gasteiger partial charge in [0.15, 0.2) is 0 Å². The van der Waals surface area contributed by atoms with Gasteiger partial charge in [-0.25, -0.2) is 4.98 Å². The first-order chi connectivity index (χ1) is 12.6. The number of aryl methyl sites for hydroxylation is 1. The number of hydrogen-bond donors (Lipinski definition) is 1.